The van der Waals surface area contributed by atoms with E-state index in [1.807, 2.05) is 17.8 Å². The van der Waals surface area contributed by atoms with Gasteiger partial charge < -0.3 is 20.4 Å². The first-order chi connectivity index (χ1) is 17.1. The van der Waals surface area contributed by atoms with Crippen LogP contribution in [0.1, 0.15) is 55.8 Å². The molecule has 12 heteroatoms. The first kappa shape index (κ1) is 26.2. The first-order valence-electron chi connectivity index (χ1n) is 12.6. The molecule has 9 nitrogen and oxygen atoms in total. The Hall–Kier alpha value is -2.89. The number of hydrogen-bond donors (Lipinski definition) is 2. The van der Waals surface area contributed by atoms with Crippen LogP contribution in [0.25, 0.3) is 0 Å². The summed E-state index contributed by atoms with van der Waals surface area (Å²) in [5.74, 6) is -0.00777. The molecule has 0 radical (unpaired) electrons. The molecular weight excluding hydrogens is 473 g/mol. The minimum atomic E-state index is -4.59. The summed E-state index contributed by atoms with van der Waals surface area (Å²) in [5, 5.41) is 10.4. The molecule has 1 saturated heterocycles. The summed E-state index contributed by atoms with van der Waals surface area (Å²) in [5.41, 5.74) is 0.465. The fourth-order valence-corrected chi connectivity index (χ4v) is 4.56. The molecule has 2 fully saturated rings. The van der Waals surface area contributed by atoms with Gasteiger partial charge in [-0.15, -0.1) is 0 Å². The van der Waals surface area contributed by atoms with Gasteiger partial charge in [0.25, 0.3) is 0 Å². The van der Waals surface area contributed by atoms with Crippen LogP contribution in [0.4, 0.5) is 30.6 Å². The number of piperidine rings is 1. The summed E-state index contributed by atoms with van der Waals surface area (Å²) in [4.78, 5) is 24.2. The van der Waals surface area contributed by atoms with Crippen molar-refractivity contribution in [2.75, 3.05) is 50.9 Å². The van der Waals surface area contributed by atoms with Gasteiger partial charge in [-0.25, -0.2) is 4.98 Å². The van der Waals surface area contributed by atoms with Gasteiger partial charge in [0.2, 0.25) is 11.9 Å². The average Bonchev–Trinajstić information content (AvgIpc) is 3.15. The molecule has 2 aromatic heterocycles. The molecular formula is C24H35F3N8O. The van der Waals surface area contributed by atoms with Crippen LogP contribution in [-0.4, -0.2) is 75.7 Å². The topological polar surface area (TPSA) is 91.2 Å². The molecule has 36 heavy (non-hydrogen) atoms. The highest BCUT2D eigenvalue weighted by Gasteiger charge is 2.35. The van der Waals surface area contributed by atoms with Crippen molar-refractivity contribution in [1.82, 2.24) is 29.5 Å². The number of hydrogen-bond acceptors (Lipinski definition) is 7. The molecule has 2 aliphatic rings. The molecule has 2 N–H and O–H groups in total. The standard InChI is InChI=1S/C24H35F3N8O/c1-16-20(15-35(32-16)18-8-12-33(2)13-9-18)30-23-29-14-19(24(25,26)27)21(31-23)28-10-5-11-34(3)22(36)17-6-4-7-17/h14-15,17-18H,4-13H2,1-3H3,(H2,28,29,30,31). The Kier molecular flexibility index (Phi) is 8.01. The van der Waals surface area contributed by atoms with E-state index in [0.717, 1.165) is 57.1 Å². The molecule has 0 bridgehead atoms. The Labute approximate surface area is 209 Å². The molecule has 0 unspecified atom stereocenters. The molecule has 0 aromatic carbocycles. The van der Waals surface area contributed by atoms with E-state index >= 15 is 0 Å². The summed E-state index contributed by atoms with van der Waals surface area (Å²) in [6.45, 7) is 4.55. The largest absolute Gasteiger partial charge is 0.421 e. The van der Waals surface area contributed by atoms with E-state index in [1.165, 1.54) is 0 Å². The van der Waals surface area contributed by atoms with Crippen molar-refractivity contribution in [2.45, 2.75) is 57.7 Å². The maximum atomic E-state index is 13.6. The Morgan fingerprint density at radius 2 is 1.94 bits per heavy atom. The molecule has 2 aromatic rings. The zero-order valence-corrected chi connectivity index (χ0v) is 21.1. The number of aromatic nitrogens is 4. The van der Waals surface area contributed by atoms with Crippen molar-refractivity contribution in [1.29, 1.82) is 0 Å². The fraction of sp³-hybridized carbons (Fsp3) is 0.667. The Morgan fingerprint density at radius 1 is 1.22 bits per heavy atom. The zero-order chi connectivity index (χ0) is 25.9. The van der Waals surface area contributed by atoms with Gasteiger partial charge in [-0.05, 0) is 59.2 Å². The second-order valence-electron chi connectivity index (χ2n) is 9.89. The lowest BCUT2D eigenvalue weighted by Gasteiger charge is -2.29. The number of halogens is 3. The van der Waals surface area contributed by atoms with Crippen LogP contribution < -0.4 is 10.6 Å². The summed E-state index contributed by atoms with van der Waals surface area (Å²) in [7, 11) is 3.83. The van der Waals surface area contributed by atoms with Crippen LogP contribution in [0.5, 0.6) is 0 Å². The summed E-state index contributed by atoms with van der Waals surface area (Å²) < 4.78 is 42.7. The van der Waals surface area contributed by atoms with Crippen LogP contribution in [0.15, 0.2) is 12.4 Å². The number of alkyl halides is 3. The Bertz CT molecular complexity index is 1040. The third-order valence-corrected chi connectivity index (χ3v) is 7.11. The van der Waals surface area contributed by atoms with E-state index in [9.17, 15) is 18.0 Å². The highest BCUT2D eigenvalue weighted by Crippen LogP contribution is 2.34. The van der Waals surface area contributed by atoms with Crippen molar-refractivity contribution in [2.24, 2.45) is 5.92 Å². The van der Waals surface area contributed by atoms with Gasteiger partial charge in [0.15, 0.2) is 0 Å². The fourth-order valence-electron chi connectivity index (χ4n) is 4.56. The number of likely N-dealkylation sites (tertiary alicyclic amines) is 1. The number of anilines is 3. The van der Waals surface area contributed by atoms with Crippen LogP contribution in [0.3, 0.4) is 0 Å². The molecule has 1 saturated carbocycles. The highest BCUT2D eigenvalue weighted by molar-refractivity contribution is 5.79. The van der Waals surface area contributed by atoms with Gasteiger partial charge >= 0.3 is 6.18 Å². The number of rotatable bonds is 9. The molecule has 1 amide bonds. The SMILES string of the molecule is Cc1nn(C2CCN(C)CC2)cc1Nc1ncc(C(F)(F)F)c(NCCCN(C)C(=O)C2CCC2)n1. The Morgan fingerprint density at radius 3 is 2.58 bits per heavy atom. The first-order valence-corrected chi connectivity index (χ1v) is 12.6. The van der Waals surface area contributed by atoms with Crippen molar-refractivity contribution >= 4 is 23.4 Å². The van der Waals surface area contributed by atoms with Gasteiger partial charge in [-0.3, -0.25) is 9.48 Å². The normalized spacial score (nSPS) is 17.6. The molecule has 1 aliphatic heterocycles. The zero-order valence-electron chi connectivity index (χ0n) is 21.1. The summed E-state index contributed by atoms with van der Waals surface area (Å²) in [6, 6.07) is 0.288. The quantitative estimate of drug-likeness (QED) is 0.494. The number of aryl methyl sites for hydroxylation is 1. The molecule has 0 atom stereocenters. The van der Waals surface area contributed by atoms with Crippen LogP contribution in [-0.2, 0) is 11.0 Å². The van der Waals surface area contributed by atoms with E-state index in [0.29, 0.717) is 18.7 Å². The maximum absolute atomic E-state index is 13.6. The van der Waals surface area contributed by atoms with Crippen molar-refractivity contribution < 1.29 is 18.0 Å². The number of carbonyl (C=O) groups excluding carboxylic acids is 1. The second-order valence-corrected chi connectivity index (χ2v) is 9.89. The van der Waals surface area contributed by atoms with Gasteiger partial charge in [0.05, 0.1) is 17.4 Å². The van der Waals surface area contributed by atoms with Crippen LogP contribution >= 0.6 is 0 Å². The van der Waals surface area contributed by atoms with E-state index in [-0.39, 0.29) is 36.2 Å². The highest BCUT2D eigenvalue weighted by atomic mass is 19.4. The molecule has 1 aliphatic carbocycles. The number of nitrogens with one attached hydrogen (secondary N) is 2. The van der Waals surface area contributed by atoms with Crippen molar-refractivity contribution in [3.05, 3.63) is 23.7 Å². The van der Waals surface area contributed by atoms with Gasteiger partial charge in [-0.2, -0.15) is 23.3 Å². The average molecular weight is 509 g/mol. The number of nitrogens with zero attached hydrogens (tertiary/aromatic N) is 6. The molecule has 0 spiro atoms. The smallest absolute Gasteiger partial charge is 0.369 e. The summed E-state index contributed by atoms with van der Waals surface area (Å²) in [6.07, 6.45) is 3.47. The van der Waals surface area contributed by atoms with E-state index in [2.05, 4.69) is 37.6 Å². The number of carbonyl (C=O) groups is 1. The molecule has 198 valence electrons. The second kappa shape index (κ2) is 11.0. The van der Waals surface area contributed by atoms with Crippen LogP contribution in [0.2, 0.25) is 0 Å². The van der Waals surface area contributed by atoms with Crippen molar-refractivity contribution in [3.63, 3.8) is 0 Å². The maximum Gasteiger partial charge on any atom is 0.421 e. The predicted octanol–water partition coefficient (Wildman–Crippen LogP) is 4.07. The lowest BCUT2D eigenvalue weighted by Crippen LogP contribution is -2.37. The minimum absolute atomic E-state index is 0.0637. The Balaban J connectivity index is 1.40. The van der Waals surface area contributed by atoms with Gasteiger partial charge in [0.1, 0.15) is 11.4 Å². The van der Waals surface area contributed by atoms with Gasteiger partial charge in [-0.1, -0.05) is 6.42 Å². The predicted molar refractivity (Wildman–Crippen MR) is 131 cm³/mol. The molecule has 3 heterocycles. The monoisotopic (exact) mass is 508 g/mol. The lowest BCUT2D eigenvalue weighted by molar-refractivity contribution is -0.137. The number of amides is 1. The van der Waals surface area contributed by atoms with Crippen LogP contribution in [0, 0.1) is 12.8 Å². The third-order valence-electron chi connectivity index (χ3n) is 7.11. The van der Waals surface area contributed by atoms with Gasteiger partial charge in [0, 0.05) is 38.4 Å². The van der Waals surface area contributed by atoms with Crippen molar-refractivity contribution in [3.8, 4) is 0 Å². The third kappa shape index (κ3) is 6.26. The van der Waals surface area contributed by atoms with E-state index in [1.54, 1.807) is 11.9 Å². The molecule has 4 rings (SSSR count). The lowest BCUT2D eigenvalue weighted by atomic mass is 9.84. The minimum Gasteiger partial charge on any atom is -0.369 e. The van der Waals surface area contributed by atoms with E-state index < -0.39 is 11.7 Å². The summed E-state index contributed by atoms with van der Waals surface area (Å²) >= 11 is 0. The van der Waals surface area contributed by atoms with E-state index in [4.69, 9.17) is 0 Å².